The summed E-state index contributed by atoms with van der Waals surface area (Å²) < 4.78 is 49.7. The molecule has 1 heterocycles. The van der Waals surface area contributed by atoms with Crippen LogP contribution in [0.15, 0.2) is 45.6 Å². The third-order valence-electron chi connectivity index (χ3n) is 4.62. The fraction of sp³-hybridized carbons (Fsp3) is 0.300. The first-order valence-electron chi connectivity index (χ1n) is 8.97. The van der Waals surface area contributed by atoms with Crippen LogP contribution in [-0.4, -0.2) is 30.5 Å². The zero-order valence-corrected chi connectivity index (χ0v) is 17.2. The highest BCUT2D eigenvalue weighted by Gasteiger charge is 2.30. The molecule has 0 saturated heterocycles. The van der Waals surface area contributed by atoms with Gasteiger partial charge >= 0.3 is 11.9 Å². The van der Waals surface area contributed by atoms with E-state index in [9.17, 15) is 18.0 Å². The first-order valence-corrected chi connectivity index (χ1v) is 9.35. The number of anilines is 1. The van der Waals surface area contributed by atoms with Gasteiger partial charge in [0, 0.05) is 30.8 Å². The molecule has 0 fully saturated rings. The number of benzene rings is 2. The molecule has 0 atom stereocenters. The van der Waals surface area contributed by atoms with Crippen LogP contribution in [0, 0.1) is 0 Å². The Kier molecular flexibility index (Phi) is 6.12. The standard InChI is InChI=1S/C20H19ClF3N3O3/c1-4-26(2)16-10-17(29-3)13(9-15(16)21)11-27-19(28)30-18(25-27)12-5-7-14(8-6-12)20(22,23)24/h5-10H,4,11H2,1-3H3. The zero-order valence-electron chi connectivity index (χ0n) is 16.5. The Balaban J connectivity index is 1.91. The molecule has 1 aromatic heterocycles. The topological polar surface area (TPSA) is 60.5 Å². The zero-order chi connectivity index (χ0) is 22.1. The van der Waals surface area contributed by atoms with Crippen molar-refractivity contribution in [1.29, 1.82) is 0 Å². The van der Waals surface area contributed by atoms with Crippen molar-refractivity contribution in [1.82, 2.24) is 9.78 Å². The monoisotopic (exact) mass is 441 g/mol. The lowest BCUT2D eigenvalue weighted by molar-refractivity contribution is -0.137. The Morgan fingerprint density at radius 2 is 1.90 bits per heavy atom. The number of alkyl halides is 3. The lowest BCUT2D eigenvalue weighted by Gasteiger charge is -2.20. The van der Waals surface area contributed by atoms with Gasteiger partial charge in [-0.1, -0.05) is 11.6 Å². The summed E-state index contributed by atoms with van der Waals surface area (Å²) in [5.74, 6) is -0.320. The molecular formula is C20H19ClF3N3O3. The number of ether oxygens (including phenoxy) is 1. The molecule has 0 N–H and O–H groups in total. The summed E-state index contributed by atoms with van der Waals surface area (Å²) in [6.07, 6.45) is -4.45. The van der Waals surface area contributed by atoms with Crippen LogP contribution in [0.4, 0.5) is 18.9 Å². The van der Waals surface area contributed by atoms with Crippen molar-refractivity contribution in [3.05, 3.63) is 63.1 Å². The van der Waals surface area contributed by atoms with E-state index in [4.69, 9.17) is 20.8 Å². The largest absolute Gasteiger partial charge is 0.496 e. The van der Waals surface area contributed by atoms with E-state index in [1.54, 1.807) is 12.1 Å². The molecular weight excluding hydrogens is 423 g/mol. The van der Waals surface area contributed by atoms with Crippen LogP contribution in [0.1, 0.15) is 18.1 Å². The highest BCUT2D eigenvalue weighted by atomic mass is 35.5. The molecule has 0 unspecified atom stereocenters. The molecule has 3 rings (SSSR count). The van der Waals surface area contributed by atoms with Crippen LogP contribution in [0.5, 0.6) is 5.75 Å². The SMILES string of the molecule is CCN(C)c1cc(OC)c(Cn2nc(-c3ccc(C(F)(F)F)cc3)oc2=O)cc1Cl. The third kappa shape index (κ3) is 4.46. The van der Waals surface area contributed by atoms with Gasteiger partial charge in [-0.05, 0) is 37.3 Å². The van der Waals surface area contributed by atoms with E-state index in [1.807, 2.05) is 18.9 Å². The Morgan fingerprint density at radius 1 is 1.23 bits per heavy atom. The van der Waals surface area contributed by atoms with E-state index in [-0.39, 0.29) is 18.0 Å². The summed E-state index contributed by atoms with van der Waals surface area (Å²) in [6, 6.07) is 7.65. The van der Waals surface area contributed by atoms with Gasteiger partial charge in [0.1, 0.15) is 5.75 Å². The highest BCUT2D eigenvalue weighted by molar-refractivity contribution is 6.33. The molecule has 10 heteroatoms. The van der Waals surface area contributed by atoms with E-state index in [0.717, 1.165) is 29.0 Å². The fourth-order valence-electron chi connectivity index (χ4n) is 2.85. The fourth-order valence-corrected chi connectivity index (χ4v) is 3.18. The smallest absolute Gasteiger partial charge is 0.437 e. The molecule has 0 aliphatic carbocycles. The summed E-state index contributed by atoms with van der Waals surface area (Å²) in [6.45, 7) is 2.73. The summed E-state index contributed by atoms with van der Waals surface area (Å²) in [5.41, 5.74) is 0.830. The van der Waals surface area contributed by atoms with Crippen LogP contribution in [-0.2, 0) is 12.7 Å². The van der Waals surface area contributed by atoms with E-state index in [1.165, 1.54) is 19.2 Å². The molecule has 0 saturated carbocycles. The summed E-state index contributed by atoms with van der Waals surface area (Å²) in [5, 5.41) is 4.57. The number of hydrogen-bond donors (Lipinski definition) is 0. The van der Waals surface area contributed by atoms with Crippen molar-refractivity contribution < 1.29 is 22.3 Å². The Bertz CT molecular complexity index is 1090. The minimum absolute atomic E-state index is 0.0159. The van der Waals surface area contributed by atoms with Gasteiger partial charge in [-0.3, -0.25) is 0 Å². The van der Waals surface area contributed by atoms with Gasteiger partial charge in [-0.2, -0.15) is 17.9 Å². The van der Waals surface area contributed by atoms with Gasteiger partial charge < -0.3 is 14.1 Å². The van der Waals surface area contributed by atoms with E-state index in [0.29, 0.717) is 16.3 Å². The number of rotatable bonds is 6. The van der Waals surface area contributed by atoms with Crippen molar-refractivity contribution in [2.75, 3.05) is 25.6 Å². The van der Waals surface area contributed by atoms with Gasteiger partial charge in [0.05, 0.1) is 29.9 Å². The molecule has 0 aliphatic heterocycles. The highest BCUT2D eigenvalue weighted by Crippen LogP contribution is 2.34. The van der Waals surface area contributed by atoms with Crippen molar-refractivity contribution in [2.45, 2.75) is 19.6 Å². The number of hydrogen-bond acceptors (Lipinski definition) is 5. The Labute approximate surface area is 175 Å². The van der Waals surface area contributed by atoms with Crippen molar-refractivity contribution in [2.24, 2.45) is 0 Å². The van der Waals surface area contributed by atoms with Gasteiger partial charge in [0.2, 0.25) is 5.89 Å². The molecule has 2 aromatic carbocycles. The second-order valence-electron chi connectivity index (χ2n) is 6.54. The molecule has 0 bridgehead atoms. The van der Waals surface area contributed by atoms with E-state index in [2.05, 4.69) is 5.10 Å². The molecule has 0 amide bonds. The molecule has 6 nitrogen and oxygen atoms in total. The van der Waals surface area contributed by atoms with E-state index < -0.39 is 17.5 Å². The van der Waals surface area contributed by atoms with Crippen molar-refractivity contribution >= 4 is 17.3 Å². The molecule has 30 heavy (non-hydrogen) atoms. The van der Waals surface area contributed by atoms with Crippen LogP contribution < -0.4 is 15.4 Å². The lowest BCUT2D eigenvalue weighted by atomic mass is 10.1. The maximum atomic E-state index is 12.7. The van der Waals surface area contributed by atoms with Crippen LogP contribution in [0.3, 0.4) is 0 Å². The number of methoxy groups -OCH3 is 1. The normalized spacial score (nSPS) is 11.6. The molecule has 3 aromatic rings. The minimum Gasteiger partial charge on any atom is -0.496 e. The first-order chi connectivity index (χ1) is 14.1. The summed E-state index contributed by atoms with van der Waals surface area (Å²) in [4.78, 5) is 14.2. The molecule has 0 aliphatic rings. The predicted octanol–water partition coefficient (Wildman–Crippen LogP) is 4.69. The lowest BCUT2D eigenvalue weighted by Crippen LogP contribution is -2.18. The molecule has 0 spiro atoms. The van der Waals surface area contributed by atoms with Crippen LogP contribution in [0.2, 0.25) is 5.02 Å². The van der Waals surface area contributed by atoms with Crippen molar-refractivity contribution in [3.63, 3.8) is 0 Å². The summed E-state index contributed by atoms with van der Waals surface area (Å²) >= 11 is 6.37. The second-order valence-corrected chi connectivity index (χ2v) is 6.94. The van der Waals surface area contributed by atoms with Gasteiger partial charge in [-0.25, -0.2) is 4.79 Å². The maximum absolute atomic E-state index is 12.7. The average Bonchev–Trinajstić information content (AvgIpc) is 3.07. The number of nitrogens with zero attached hydrogens (tertiary/aromatic N) is 3. The van der Waals surface area contributed by atoms with Gasteiger partial charge in [-0.15, -0.1) is 5.10 Å². The molecule has 160 valence electrons. The molecule has 0 radical (unpaired) electrons. The minimum atomic E-state index is -4.45. The van der Waals surface area contributed by atoms with Gasteiger partial charge in [0.25, 0.3) is 0 Å². The maximum Gasteiger partial charge on any atom is 0.437 e. The van der Waals surface area contributed by atoms with E-state index >= 15 is 0 Å². The number of aromatic nitrogens is 2. The van der Waals surface area contributed by atoms with Gasteiger partial charge in [0.15, 0.2) is 0 Å². The van der Waals surface area contributed by atoms with Crippen molar-refractivity contribution in [3.8, 4) is 17.2 Å². The first kappa shape index (κ1) is 21.8. The van der Waals surface area contributed by atoms with Crippen LogP contribution in [0.25, 0.3) is 11.5 Å². The Hall–Kier alpha value is -2.94. The third-order valence-corrected chi connectivity index (χ3v) is 4.92. The summed E-state index contributed by atoms with van der Waals surface area (Å²) in [7, 11) is 3.39. The quantitative estimate of drug-likeness (QED) is 0.555. The Morgan fingerprint density at radius 3 is 2.47 bits per heavy atom. The average molecular weight is 442 g/mol. The predicted molar refractivity (Wildman–Crippen MR) is 107 cm³/mol. The second kappa shape index (κ2) is 8.43. The van der Waals surface area contributed by atoms with Crippen LogP contribution >= 0.6 is 11.6 Å². The number of halogens is 4.